The smallest absolute Gasteiger partial charge is 0.291 e. The molecule has 0 aliphatic carbocycles. The van der Waals surface area contributed by atoms with Gasteiger partial charge < -0.3 is 5.11 Å². The molecule has 2 N–H and O–H groups in total. The van der Waals surface area contributed by atoms with Crippen LogP contribution in [0.5, 0.6) is 0 Å². The molecule has 1 aromatic rings. The van der Waals surface area contributed by atoms with Crippen molar-refractivity contribution in [2.24, 2.45) is 0 Å². The van der Waals surface area contributed by atoms with Crippen LogP contribution in [0.4, 0.5) is 11.4 Å². The molecule has 110 valence electrons. The van der Waals surface area contributed by atoms with E-state index in [4.69, 9.17) is 34.8 Å². The maximum Gasteiger partial charge on any atom is 0.291 e. The number of alkyl halides is 3. The Morgan fingerprint density at radius 3 is 2.30 bits per heavy atom. The van der Waals surface area contributed by atoms with Crippen LogP contribution in [0.25, 0.3) is 0 Å². The largest absolute Gasteiger partial charge is 0.373 e. The van der Waals surface area contributed by atoms with E-state index in [9.17, 15) is 25.3 Å². The third-order valence-corrected chi connectivity index (χ3v) is 3.47. The van der Waals surface area contributed by atoms with Crippen molar-refractivity contribution in [2.75, 3.05) is 0 Å². The van der Waals surface area contributed by atoms with Gasteiger partial charge in [-0.25, -0.2) is 4.72 Å². The van der Waals surface area contributed by atoms with Crippen molar-refractivity contribution >= 4 is 58.1 Å². The Hall–Kier alpha value is -0.840. The van der Waals surface area contributed by atoms with Gasteiger partial charge in [-0.1, -0.05) is 34.8 Å². The normalized spacial score (nSPS) is 13.0. The summed E-state index contributed by atoms with van der Waals surface area (Å²) in [6.07, 6.45) is -1.59. The summed E-state index contributed by atoms with van der Waals surface area (Å²) in [5, 5.41) is 30.8. The fourth-order valence-electron chi connectivity index (χ4n) is 1.03. The molecule has 1 atom stereocenters. The van der Waals surface area contributed by atoms with Gasteiger partial charge in [0.25, 0.3) is 11.4 Å². The van der Waals surface area contributed by atoms with Crippen LogP contribution in [0.3, 0.4) is 0 Å². The summed E-state index contributed by atoms with van der Waals surface area (Å²) in [4.78, 5) is 19.9. The lowest BCUT2D eigenvalue weighted by Gasteiger charge is -2.19. The first-order chi connectivity index (χ1) is 9.12. The van der Waals surface area contributed by atoms with Crippen LogP contribution in [-0.2, 0) is 0 Å². The molecule has 0 aromatic heterocycles. The Labute approximate surface area is 131 Å². The second-order valence-electron chi connectivity index (χ2n) is 3.33. The third-order valence-electron chi connectivity index (χ3n) is 1.94. The second-order valence-corrected chi connectivity index (χ2v) is 6.58. The number of nitro benzene ring substituents is 2. The molecule has 0 aliphatic rings. The maximum atomic E-state index is 10.8. The summed E-state index contributed by atoms with van der Waals surface area (Å²) in [6, 6.07) is 3.03. The fraction of sp³-hybridized carbons (Fsp3) is 0.250. The predicted molar refractivity (Wildman–Crippen MR) is 75.0 cm³/mol. The molecule has 0 aliphatic heterocycles. The summed E-state index contributed by atoms with van der Waals surface area (Å²) in [5.41, 5.74) is -0.934. The lowest BCUT2D eigenvalue weighted by molar-refractivity contribution is -0.396. The van der Waals surface area contributed by atoms with E-state index >= 15 is 0 Å². The highest BCUT2D eigenvalue weighted by molar-refractivity contribution is 7.97. The minimum atomic E-state index is -2.03. The number of nitrogens with zero attached hydrogens (tertiary/aromatic N) is 2. The Balaban J connectivity index is 2.95. The van der Waals surface area contributed by atoms with Crippen LogP contribution in [0.2, 0.25) is 0 Å². The Morgan fingerprint density at radius 2 is 1.85 bits per heavy atom. The van der Waals surface area contributed by atoms with Crippen molar-refractivity contribution < 1.29 is 15.0 Å². The highest BCUT2D eigenvalue weighted by Crippen LogP contribution is 2.34. The molecular formula is C8H6Cl3N3O5S. The lowest BCUT2D eigenvalue weighted by atomic mass is 10.3. The number of aliphatic hydroxyl groups is 1. The number of hydrogen-bond donors (Lipinski definition) is 2. The number of nitrogens with one attached hydrogen (secondary N) is 1. The van der Waals surface area contributed by atoms with Gasteiger partial charge in [0.2, 0.25) is 3.79 Å². The number of nitro groups is 2. The molecule has 0 radical (unpaired) electrons. The van der Waals surface area contributed by atoms with Crippen LogP contribution in [0.15, 0.2) is 23.1 Å². The summed E-state index contributed by atoms with van der Waals surface area (Å²) in [6.45, 7) is 0. The van der Waals surface area contributed by atoms with Crippen LogP contribution >= 0.6 is 46.8 Å². The van der Waals surface area contributed by atoms with Crippen molar-refractivity contribution in [2.45, 2.75) is 14.9 Å². The Bertz CT molecular complexity index is 539. The summed E-state index contributed by atoms with van der Waals surface area (Å²) >= 11 is 16.8. The lowest BCUT2D eigenvalue weighted by Crippen LogP contribution is -2.35. The highest BCUT2D eigenvalue weighted by atomic mass is 35.6. The van der Waals surface area contributed by atoms with Crippen molar-refractivity contribution in [1.82, 2.24) is 4.72 Å². The van der Waals surface area contributed by atoms with Gasteiger partial charge in [0, 0.05) is 6.07 Å². The van der Waals surface area contributed by atoms with E-state index in [1.165, 1.54) is 0 Å². The van der Waals surface area contributed by atoms with E-state index in [0.29, 0.717) is 11.9 Å². The molecule has 8 nitrogen and oxygen atoms in total. The van der Waals surface area contributed by atoms with E-state index in [-0.39, 0.29) is 4.90 Å². The van der Waals surface area contributed by atoms with Crippen LogP contribution < -0.4 is 4.72 Å². The molecule has 0 bridgehead atoms. The third kappa shape index (κ3) is 4.62. The number of aliphatic hydroxyl groups excluding tert-OH is 1. The minimum absolute atomic E-state index is 0.0221. The molecule has 12 heteroatoms. The van der Waals surface area contributed by atoms with Gasteiger partial charge in [-0.3, -0.25) is 20.2 Å². The summed E-state index contributed by atoms with van der Waals surface area (Å²) in [5.74, 6) is 0. The first-order valence-corrected chi connectivity index (χ1v) is 6.68. The second kappa shape index (κ2) is 6.74. The molecule has 1 aromatic carbocycles. The van der Waals surface area contributed by atoms with Crippen LogP contribution in [0.1, 0.15) is 0 Å². The molecular weight excluding hydrogens is 357 g/mol. The zero-order valence-corrected chi connectivity index (χ0v) is 12.4. The molecule has 1 unspecified atom stereocenters. The SMILES string of the molecule is O=[N+]([O-])c1ccc(SNC(O)C(Cl)(Cl)Cl)c([N+](=O)[O-])c1. The monoisotopic (exact) mass is 361 g/mol. The van der Waals surface area contributed by atoms with Gasteiger partial charge in [-0.15, -0.1) is 0 Å². The van der Waals surface area contributed by atoms with E-state index < -0.39 is 31.2 Å². The average Bonchev–Trinajstić information content (AvgIpc) is 2.34. The van der Waals surface area contributed by atoms with Gasteiger partial charge in [0.15, 0.2) is 6.23 Å². The van der Waals surface area contributed by atoms with Crippen LogP contribution in [-0.4, -0.2) is 25.0 Å². The van der Waals surface area contributed by atoms with Crippen molar-refractivity contribution in [3.05, 3.63) is 38.4 Å². The van der Waals surface area contributed by atoms with Gasteiger partial charge in [0.1, 0.15) is 4.90 Å². The van der Waals surface area contributed by atoms with Gasteiger partial charge >= 0.3 is 0 Å². The first-order valence-electron chi connectivity index (χ1n) is 4.73. The molecule has 20 heavy (non-hydrogen) atoms. The average molecular weight is 363 g/mol. The van der Waals surface area contributed by atoms with E-state index in [2.05, 4.69) is 4.72 Å². The molecule has 0 fully saturated rings. The number of non-ortho nitro benzene ring substituents is 1. The highest BCUT2D eigenvalue weighted by Gasteiger charge is 2.31. The minimum Gasteiger partial charge on any atom is -0.373 e. The quantitative estimate of drug-likeness (QED) is 0.272. The number of rotatable bonds is 5. The van der Waals surface area contributed by atoms with Crippen molar-refractivity contribution in [1.29, 1.82) is 0 Å². The molecule has 0 saturated heterocycles. The van der Waals surface area contributed by atoms with Gasteiger partial charge in [0.05, 0.1) is 15.9 Å². The van der Waals surface area contributed by atoms with Crippen molar-refractivity contribution in [3.63, 3.8) is 0 Å². The molecule has 0 saturated carbocycles. The topological polar surface area (TPSA) is 119 Å². The standard InChI is InChI=1S/C8H6Cl3N3O5S/c9-8(10,11)7(15)12-20-6-2-1-4(13(16)17)3-5(6)14(18)19/h1-3,7,12,15H. The van der Waals surface area contributed by atoms with E-state index in [1.807, 2.05) is 0 Å². The Morgan fingerprint density at radius 1 is 1.25 bits per heavy atom. The first kappa shape index (κ1) is 17.2. The predicted octanol–water partition coefficient (Wildman–Crippen LogP) is 2.79. The van der Waals surface area contributed by atoms with Crippen LogP contribution in [0, 0.1) is 20.2 Å². The molecule has 0 amide bonds. The zero-order chi connectivity index (χ0) is 15.5. The number of halogens is 3. The van der Waals surface area contributed by atoms with E-state index in [1.54, 1.807) is 0 Å². The maximum absolute atomic E-state index is 10.8. The van der Waals surface area contributed by atoms with Gasteiger partial charge in [-0.05, 0) is 18.0 Å². The van der Waals surface area contributed by atoms with Gasteiger partial charge in [-0.2, -0.15) is 0 Å². The van der Waals surface area contributed by atoms with Crippen molar-refractivity contribution in [3.8, 4) is 0 Å². The fourth-order valence-corrected chi connectivity index (χ4v) is 2.18. The summed E-state index contributed by atoms with van der Waals surface area (Å²) in [7, 11) is 0. The molecule has 0 heterocycles. The number of benzene rings is 1. The molecule has 0 spiro atoms. The number of hydrogen-bond acceptors (Lipinski definition) is 7. The Kier molecular flexibility index (Phi) is 5.80. The van der Waals surface area contributed by atoms with E-state index in [0.717, 1.165) is 18.2 Å². The summed E-state index contributed by atoms with van der Waals surface area (Å²) < 4.78 is 0.260. The zero-order valence-electron chi connectivity index (χ0n) is 9.33. The molecule has 1 rings (SSSR count).